The van der Waals surface area contributed by atoms with E-state index in [9.17, 15) is 4.79 Å². The highest BCUT2D eigenvalue weighted by molar-refractivity contribution is 5.84. The van der Waals surface area contributed by atoms with Crippen LogP contribution >= 0.6 is 0 Å². The molecule has 0 aromatic carbocycles. The number of hydrogen-bond acceptors (Lipinski definition) is 3. The molecule has 1 N–H and O–H groups in total. The van der Waals surface area contributed by atoms with Gasteiger partial charge in [0.2, 0.25) is 5.91 Å². The average Bonchev–Trinajstić information content (AvgIpc) is 2.97. The van der Waals surface area contributed by atoms with Crippen LogP contribution in [0.5, 0.6) is 0 Å². The van der Waals surface area contributed by atoms with Gasteiger partial charge in [0.15, 0.2) is 0 Å². The minimum absolute atomic E-state index is 0.0334. The summed E-state index contributed by atoms with van der Waals surface area (Å²) in [6.07, 6.45) is 6.98. The zero-order valence-corrected chi connectivity index (χ0v) is 11.7. The lowest BCUT2D eigenvalue weighted by molar-refractivity contribution is -0.130. The fourth-order valence-electron chi connectivity index (χ4n) is 2.97. The molecular formula is C14H26N2O2. The summed E-state index contributed by atoms with van der Waals surface area (Å²) in [6, 6.07) is 0.0334. The van der Waals surface area contributed by atoms with E-state index < -0.39 is 0 Å². The molecule has 0 aromatic rings. The van der Waals surface area contributed by atoms with Crippen LogP contribution in [0.4, 0.5) is 0 Å². The highest BCUT2D eigenvalue weighted by Crippen LogP contribution is 2.21. The number of nitrogens with one attached hydrogen (secondary N) is 1. The minimum Gasteiger partial charge on any atom is -0.378 e. The number of rotatable bonds is 6. The molecular weight excluding hydrogens is 228 g/mol. The third-order valence-electron chi connectivity index (χ3n) is 4.04. The first-order valence-corrected chi connectivity index (χ1v) is 7.44. The Labute approximate surface area is 110 Å². The monoisotopic (exact) mass is 254 g/mol. The molecule has 2 fully saturated rings. The van der Waals surface area contributed by atoms with E-state index in [1.165, 1.54) is 6.42 Å². The number of ether oxygens (including phenoxy) is 1. The maximum atomic E-state index is 12.2. The molecule has 2 aliphatic rings. The fraction of sp³-hybridized carbons (Fsp3) is 0.929. The van der Waals surface area contributed by atoms with Crippen LogP contribution in [0.15, 0.2) is 0 Å². The third-order valence-corrected chi connectivity index (χ3v) is 4.04. The van der Waals surface area contributed by atoms with Crippen LogP contribution in [0.2, 0.25) is 0 Å². The summed E-state index contributed by atoms with van der Waals surface area (Å²) in [4.78, 5) is 14.3. The van der Waals surface area contributed by atoms with E-state index in [-0.39, 0.29) is 18.1 Å². The molecule has 3 atom stereocenters. The van der Waals surface area contributed by atoms with Crippen LogP contribution in [0.25, 0.3) is 0 Å². The van der Waals surface area contributed by atoms with Crippen molar-refractivity contribution in [2.75, 3.05) is 13.2 Å². The van der Waals surface area contributed by atoms with Crippen molar-refractivity contribution in [2.24, 2.45) is 0 Å². The number of hydrogen-bond donors (Lipinski definition) is 1. The SMILES string of the molecule is CCCC1NC(CC)C(=O)N1CCC1CCCO1. The van der Waals surface area contributed by atoms with E-state index in [1.54, 1.807) is 0 Å². The van der Waals surface area contributed by atoms with E-state index >= 15 is 0 Å². The van der Waals surface area contributed by atoms with Crippen molar-refractivity contribution in [1.82, 2.24) is 10.2 Å². The Morgan fingerprint density at radius 3 is 2.83 bits per heavy atom. The Kier molecular flexibility index (Phi) is 5.01. The topological polar surface area (TPSA) is 41.6 Å². The molecule has 104 valence electrons. The lowest BCUT2D eigenvalue weighted by Gasteiger charge is -2.25. The average molecular weight is 254 g/mol. The predicted molar refractivity (Wildman–Crippen MR) is 71.2 cm³/mol. The maximum Gasteiger partial charge on any atom is 0.241 e. The number of carbonyl (C=O) groups is 1. The van der Waals surface area contributed by atoms with Crippen molar-refractivity contribution in [1.29, 1.82) is 0 Å². The summed E-state index contributed by atoms with van der Waals surface area (Å²) in [6.45, 7) is 5.98. The van der Waals surface area contributed by atoms with Gasteiger partial charge in [-0.15, -0.1) is 0 Å². The van der Waals surface area contributed by atoms with Crippen molar-refractivity contribution in [3.05, 3.63) is 0 Å². The normalized spacial score (nSPS) is 32.4. The van der Waals surface area contributed by atoms with Gasteiger partial charge in [-0.1, -0.05) is 20.3 Å². The number of amides is 1. The van der Waals surface area contributed by atoms with Crippen LogP contribution in [0.3, 0.4) is 0 Å². The van der Waals surface area contributed by atoms with E-state index in [4.69, 9.17) is 4.74 Å². The van der Waals surface area contributed by atoms with Gasteiger partial charge in [-0.25, -0.2) is 0 Å². The Balaban J connectivity index is 1.87. The lowest BCUT2D eigenvalue weighted by atomic mass is 10.1. The van der Waals surface area contributed by atoms with E-state index in [1.807, 2.05) is 4.90 Å². The summed E-state index contributed by atoms with van der Waals surface area (Å²) < 4.78 is 5.64. The summed E-state index contributed by atoms with van der Waals surface area (Å²) in [7, 11) is 0. The highest BCUT2D eigenvalue weighted by atomic mass is 16.5. The quantitative estimate of drug-likeness (QED) is 0.787. The van der Waals surface area contributed by atoms with Crippen LogP contribution in [-0.4, -0.2) is 42.3 Å². The predicted octanol–water partition coefficient (Wildman–Crippen LogP) is 1.89. The molecule has 0 bridgehead atoms. The minimum atomic E-state index is 0.0334. The lowest BCUT2D eigenvalue weighted by Crippen LogP contribution is -2.38. The maximum absolute atomic E-state index is 12.2. The zero-order chi connectivity index (χ0) is 13.0. The largest absolute Gasteiger partial charge is 0.378 e. The van der Waals surface area contributed by atoms with Crippen molar-refractivity contribution >= 4 is 5.91 Å². The molecule has 0 aromatic heterocycles. The summed E-state index contributed by atoms with van der Waals surface area (Å²) in [5, 5.41) is 3.45. The van der Waals surface area contributed by atoms with Crippen molar-refractivity contribution in [2.45, 2.75) is 70.7 Å². The third kappa shape index (κ3) is 3.04. The molecule has 0 radical (unpaired) electrons. The first-order valence-electron chi connectivity index (χ1n) is 7.44. The van der Waals surface area contributed by atoms with E-state index in [0.717, 1.165) is 45.3 Å². The van der Waals surface area contributed by atoms with Gasteiger partial charge in [-0.2, -0.15) is 0 Å². The molecule has 0 saturated carbocycles. The Hall–Kier alpha value is -0.610. The number of carbonyl (C=O) groups excluding carboxylic acids is 1. The van der Waals surface area contributed by atoms with Crippen LogP contribution in [0, 0.1) is 0 Å². The molecule has 3 unspecified atom stereocenters. The fourth-order valence-corrected chi connectivity index (χ4v) is 2.97. The molecule has 0 spiro atoms. The van der Waals surface area contributed by atoms with Gasteiger partial charge in [0.1, 0.15) is 0 Å². The second-order valence-electron chi connectivity index (χ2n) is 5.39. The summed E-state index contributed by atoms with van der Waals surface area (Å²) >= 11 is 0. The van der Waals surface area contributed by atoms with E-state index in [2.05, 4.69) is 19.2 Å². The van der Waals surface area contributed by atoms with Crippen LogP contribution < -0.4 is 5.32 Å². The number of nitrogens with zero attached hydrogens (tertiary/aromatic N) is 1. The van der Waals surface area contributed by atoms with Crippen molar-refractivity contribution < 1.29 is 9.53 Å². The van der Waals surface area contributed by atoms with Crippen molar-refractivity contribution in [3.63, 3.8) is 0 Å². The van der Waals surface area contributed by atoms with Crippen LogP contribution in [-0.2, 0) is 9.53 Å². The standard InChI is InChI=1S/C14H26N2O2/c1-3-6-13-15-12(4-2)14(17)16(13)9-8-11-7-5-10-18-11/h11-13,15H,3-10H2,1-2H3. The first kappa shape index (κ1) is 13.8. The Bertz CT molecular complexity index is 277. The summed E-state index contributed by atoms with van der Waals surface area (Å²) in [5.74, 6) is 0.286. The zero-order valence-electron chi connectivity index (χ0n) is 11.7. The van der Waals surface area contributed by atoms with Crippen molar-refractivity contribution in [3.8, 4) is 0 Å². The van der Waals surface area contributed by atoms with Crippen LogP contribution in [0.1, 0.15) is 52.4 Å². The summed E-state index contributed by atoms with van der Waals surface area (Å²) in [5.41, 5.74) is 0. The van der Waals surface area contributed by atoms with Gasteiger partial charge >= 0.3 is 0 Å². The van der Waals surface area contributed by atoms with Gasteiger partial charge in [0, 0.05) is 13.2 Å². The molecule has 4 nitrogen and oxygen atoms in total. The second-order valence-corrected chi connectivity index (χ2v) is 5.39. The highest BCUT2D eigenvalue weighted by Gasteiger charge is 2.37. The van der Waals surface area contributed by atoms with Gasteiger partial charge in [-0.3, -0.25) is 10.1 Å². The molecule has 0 aliphatic carbocycles. The van der Waals surface area contributed by atoms with Gasteiger partial charge in [0.25, 0.3) is 0 Å². The Morgan fingerprint density at radius 1 is 1.39 bits per heavy atom. The van der Waals surface area contributed by atoms with Gasteiger partial charge in [-0.05, 0) is 32.1 Å². The second kappa shape index (κ2) is 6.53. The first-order chi connectivity index (χ1) is 8.76. The van der Waals surface area contributed by atoms with Gasteiger partial charge < -0.3 is 9.64 Å². The molecule has 2 saturated heterocycles. The molecule has 1 amide bonds. The Morgan fingerprint density at radius 2 is 2.22 bits per heavy atom. The molecule has 2 aliphatic heterocycles. The smallest absolute Gasteiger partial charge is 0.241 e. The van der Waals surface area contributed by atoms with E-state index in [0.29, 0.717) is 6.10 Å². The molecule has 18 heavy (non-hydrogen) atoms. The molecule has 2 rings (SSSR count). The molecule has 2 heterocycles. The van der Waals surface area contributed by atoms with Gasteiger partial charge in [0.05, 0.1) is 18.3 Å². The molecule has 4 heteroatoms.